The molecule has 0 aromatic heterocycles. The molecule has 0 N–H and O–H groups in total. The fourth-order valence-corrected chi connectivity index (χ4v) is 3.79. The van der Waals surface area contributed by atoms with Crippen molar-refractivity contribution >= 4 is 0 Å². The first kappa shape index (κ1) is 13.8. The SMILES string of the molecule is CC1CC(C)(C)CCC1(C#N)N1CCN(C)CC1. The molecule has 0 bridgehead atoms. The first-order chi connectivity index (χ1) is 8.39. The van der Waals surface area contributed by atoms with Gasteiger partial charge in [-0.25, -0.2) is 0 Å². The zero-order chi connectivity index (χ0) is 13.4. The lowest BCUT2D eigenvalue weighted by Crippen LogP contribution is -2.60. The van der Waals surface area contributed by atoms with Crippen molar-refractivity contribution in [1.82, 2.24) is 9.80 Å². The van der Waals surface area contributed by atoms with Crippen LogP contribution in [0.2, 0.25) is 0 Å². The van der Waals surface area contributed by atoms with Crippen molar-refractivity contribution in [2.45, 2.75) is 45.6 Å². The highest BCUT2D eigenvalue weighted by Gasteiger charge is 2.48. The molecule has 18 heavy (non-hydrogen) atoms. The van der Waals surface area contributed by atoms with Crippen LogP contribution in [0.4, 0.5) is 0 Å². The number of hydrogen-bond acceptors (Lipinski definition) is 3. The molecule has 2 atom stereocenters. The van der Waals surface area contributed by atoms with Crippen molar-refractivity contribution in [3.63, 3.8) is 0 Å². The summed E-state index contributed by atoms with van der Waals surface area (Å²) in [6.45, 7) is 11.3. The van der Waals surface area contributed by atoms with Crippen LogP contribution in [-0.2, 0) is 0 Å². The minimum atomic E-state index is -0.198. The van der Waals surface area contributed by atoms with E-state index < -0.39 is 0 Å². The van der Waals surface area contributed by atoms with Gasteiger partial charge < -0.3 is 4.90 Å². The number of likely N-dealkylation sites (N-methyl/N-ethyl adjacent to an activating group) is 1. The van der Waals surface area contributed by atoms with Crippen LogP contribution in [0, 0.1) is 22.7 Å². The van der Waals surface area contributed by atoms with E-state index in [9.17, 15) is 5.26 Å². The van der Waals surface area contributed by atoms with Gasteiger partial charge in [-0.1, -0.05) is 20.8 Å². The van der Waals surface area contributed by atoms with E-state index in [0.717, 1.165) is 32.6 Å². The van der Waals surface area contributed by atoms with Gasteiger partial charge in [0.15, 0.2) is 0 Å². The zero-order valence-electron chi connectivity index (χ0n) is 12.4. The summed E-state index contributed by atoms with van der Waals surface area (Å²) >= 11 is 0. The normalized spacial score (nSPS) is 38.3. The van der Waals surface area contributed by atoms with Crippen LogP contribution in [0.25, 0.3) is 0 Å². The van der Waals surface area contributed by atoms with Crippen LogP contribution in [0.5, 0.6) is 0 Å². The maximum Gasteiger partial charge on any atom is 0.111 e. The smallest absolute Gasteiger partial charge is 0.111 e. The monoisotopic (exact) mass is 249 g/mol. The van der Waals surface area contributed by atoms with Gasteiger partial charge >= 0.3 is 0 Å². The van der Waals surface area contributed by atoms with Gasteiger partial charge in [0.25, 0.3) is 0 Å². The van der Waals surface area contributed by atoms with Crippen molar-refractivity contribution in [3.05, 3.63) is 0 Å². The Morgan fingerprint density at radius 2 is 1.72 bits per heavy atom. The van der Waals surface area contributed by atoms with E-state index in [1.54, 1.807) is 0 Å². The van der Waals surface area contributed by atoms with Crippen molar-refractivity contribution in [2.24, 2.45) is 11.3 Å². The summed E-state index contributed by atoms with van der Waals surface area (Å²) < 4.78 is 0. The second-order valence-electron chi connectivity index (χ2n) is 7.10. The quantitative estimate of drug-likeness (QED) is 0.714. The van der Waals surface area contributed by atoms with E-state index in [-0.39, 0.29) is 5.54 Å². The molecular formula is C15H27N3. The van der Waals surface area contributed by atoms with E-state index in [1.165, 1.54) is 12.8 Å². The molecule has 3 nitrogen and oxygen atoms in total. The predicted octanol–water partition coefficient (Wildman–Crippen LogP) is 2.34. The van der Waals surface area contributed by atoms with Crippen LogP contribution in [0.15, 0.2) is 0 Å². The van der Waals surface area contributed by atoms with E-state index in [4.69, 9.17) is 0 Å². The maximum absolute atomic E-state index is 9.80. The molecule has 3 heteroatoms. The predicted molar refractivity (Wildman–Crippen MR) is 74.2 cm³/mol. The minimum absolute atomic E-state index is 0.198. The molecular weight excluding hydrogens is 222 g/mol. The highest BCUT2D eigenvalue weighted by Crippen LogP contribution is 2.46. The third-order valence-corrected chi connectivity index (χ3v) is 5.12. The standard InChI is InChI=1S/C15H27N3/c1-13-11-14(2,3)5-6-15(13,12-16)18-9-7-17(4)8-10-18/h13H,5-11H2,1-4H3. The lowest BCUT2D eigenvalue weighted by Gasteiger charge is -2.51. The maximum atomic E-state index is 9.80. The minimum Gasteiger partial charge on any atom is -0.304 e. The van der Waals surface area contributed by atoms with E-state index in [2.05, 4.69) is 43.7 Å². The van der Waals surface area contributed by atoms with Crippen LogP contribution < -0.4 is 0 Å². The molecule has 1 aliphatic carbocycles. The number of piperazine rings is 1. The molecule has 1 saturated heterocycles. The molecule has 0 aromatic carbocycles. The van der Waals surface area contributed by atoms with Gasteiger partial charge in [0.05, 0.1) is 6.07 Å². The molecule has 0 radical (unpaired) electrons. The molecule has 0 aromatic rings. The highest BCUT2D eigenvalue weighted by molar-refractivity contribution is 5.15. The fourth-order valence-electron chi connectivity index (χ4n) is 3.79. The first-order valence-electron chi connectivity index (χ1n) is 7.24. The van der Waals surface area contributed by atoms with Crippen LogP contribution in [-0.4, -0.2) is 48.6 Å². The van der Waals surface area contributed by atoms with Gasteiger partial charge in [-0.05, 0) is 37.6 Å². The van der Waals surface area contributed by atoms with Gasteiger partial charge in [-0.15, -0.1) is 0 Å². The summed E-state index contributed by atoms with van der Waals surface area (Å²) in [4.78, 5) is 4.83. The third-order valence-electron chi connectivity index (χ3n) is 5.12. The fraction of sp³-hybridized carbons (Fsp3) is 0.933. The number of rotatable bonds is 1. The van der Waals surface area contributed by atoms with Crippen LogP contribution in [0.3, 0.4) is 0 Å². The Hall–Kier alpha value is -0.590. The average Bonchev–Trinajstić information content (AvgIpc) is 2.31. The Bertz CT molecular complexity index is 336. The summed E-state index contributed by atoms with van der Waals surface area (Å²) in [7, 11) is 2.17. The molecule has 2 fully saturated rings. The zero-order valence-corrected chi connectivity index (χ0v) is 12.4. The van der Waals surface area contributed by atoms with Gasteiger partial charge in [0, 0.05) is 26.2 Å². The van der Waals surface area contributed by atoms with E-state index in [0.29, 0.717) is 11.3 Å². The molecule has 1 aliphatic heterocycles. The molecule has 1 heterocycles. The summed E-state index contributed by atoms with van der Waals surface area (Å²) in [6, 6.07) is 2.70. The summed E-state index contributed by atoms with van der Waals surface area (Å²) in [6.07, 6.45) is 3.39. The van der Waals surface area contributed by atoms with Gasteiger partial charge in [-0.3, -0.25) is 4.90 Å². The number of nitrogens with zero attached hydrogens (tertiary/aromatic N) is 3. The van der Waals surface area contributed by atoms with Crippen molar-refractivity contribution in [1.29, 1.82) is 5.26 Å². The molecule has 2 aliphatic rings. The molecule has 0 amide bonds. The summed E-state index contributed by atoms with van der Waals surface area (Å²) in [5, 5.41) is 9.80. The van der Waals surface area contributed by atoms with Crippen LogP contribution in [0.1, 0.15) is 40.0 Å². The molecule has 102 valence electrons. The molecule has 2 unspecified atom stereocenters. The molecule has 1 saturated carbocycles. The lowest BCUT2D eigenvalue weighted by atomic mass is 9.63. The van der Waals surface area contributed by atoms with Crippen molar-refractivity contribution in [3.8, 4) is 6.07 Å². The van der Waals surface area contributed by atoms with Crippen LogP contribution >= 0.6 is 0 Å². The second-order valence-corrected chi connectivity index (χ2v) is 7.10. The van der Waals surface area contributed by atoms with Gasteiger partial charge in [0.2, 0.25) is 0 Å². The van der Waals surface area contributed by atoms with E-state index >= 15 is 0 Å². The Balaban J connectivity index is 2.14. The lowest BCUT2D eigenvalue weighted by molar-refractivity contribution is -0.0122. The average molecular weight is 249 g/mol. The number of hydrogen-bond donors (Lipinski definition) is 0. The Morgan fingerprint density at radius 1 is 1.11 bits per heavy atom. The Morgan fingerprint density at radius 3 is 2.22 bits per heavy atom. The summed E-state index contributed by atoms with van der Waals surface area (Å²) in [5.74, 6) is 0.481. The topological polar surface area (TPSA) is 30.3 Å². The highest BCUT2D eigenvalue weighted by atomic mass is 15.3. The third kappa shape index (κ3) is 2.41. The second kappa shape index (κ2) is 4.83. The first-order valence-corrected chi connectivity index (χ1v) is 7.24. The van der Waals surface area contributed by atoms with E-state index in [1.807, 2.05) is 0 Å². The van der Waals surface area contributed by atoms with Crippen molar-refractivity contribution < 1.29 is 0 Å². The number of nitriles is 1. The largest absolute Gasteiger partial charge is 0.304 e. The van der Waals surface area contributed by atoms with Gasteiger partial charge in [-0.2, -0.15) is 5.26 Å². The van der Waals surface area contributed by atoms with Gasteiger partial charge in [0.1, 0.15) is 5.54 Å². The molecule has 0 spiro atoms. The molecule has 2 rings (SSSR count). The van der Waals surface area contributed by atoms with Crippen molar-refractivity contribution in [2.75, 3.05) is 33.2 Å². The Kier molecular flexibility index (Phi) is 3.71. The summed E-state index contributed by atoms with van der Waals surface area (Å²) in [5.41, 5.74) is 0.211. The Labute approximate surface area is 112 Å².